The normalized spacial score (nSPS) is 29.5. The average Bonchev–Trinajstić information content (AvgIpc) is 3.43. The lowest BCUT2D eigenvalue weighted by atomic mass is 9.81. The predicted molar refractivity (Wildman–Crippen MR) is 133 cm³/mol. The number of rotatable bonds is 5. The van der Waals surface area contributed by atoms with Crippen molar-refractivity contribution in [1.29, 1.82) is 0 Å². The van der Waals surface area contributed by atoms with E-state index in [2.05, 4.69) is 31.9 Å². The van der Waals surface area contributed by atoms with Gasteiger partial charge in [0.2, 0.25) is 17.6 Å². The van der Waals surface area contributed by atoms with Crippen molar-refractivity contribution < 1.29 is 23.9 Å². The Labute approximate surface area is 214 Å². The number of carbonyl (C=O) groups is 4. The van der Waals surface area contributed by atoms with E-state index in [0.29, 0.717) is 11.3 Å². The molecule has 0 aromatic heterocycles. The largest absolute Gasteiger partial charge is 0.454 e. The number of anilines is 1. The van der Waals surface area contributed by atoms with Crippen LogP contribution in [-0.4, -0.2) is 39.8 Å². The summed E-state index contributed by atoms with van der Waals surface area (Å²) in [7, 11) is 0. The van der Waals surface area contributed by atoms with Crippen molar-refractivity contribution in [3.05, 3.63) is 64.7 Å². The van der Waals surface area contributed by atoms with Crippen molar-refractivity contribution in [2.45, 2.75) is 29.9 Å². The Bertz CT molecular complexity index is 1200. The lowest BCUT2D eigenvalue weighted by Crippen LogP contribution is -2.37. The standard InChI is InChI=1S/C26H23Br2NO5/c1-12-6-7-13(2)16(8-12)19(30)11-34-26(33)14-4-3-5-15(9-14)29-24(31)20-17-10-18(21(20)25(29)32)23(28)22(17)27/h3-9,17-18,20-23H,10-11H2,1-2H3/t17-,18+,20-,21+,22-,23+. The molecule has 2 aromatic rings. The number of nitrogens with zero attached hydrogens (tertiary/aromatic N) is 1. The molecule has 2 aromatic carbocycles. The molecule has 3 fully saturated rings. The molecule has 6 nitrogen and oxygen atoms in total. The van der Waals surface area contributed by atoms with Gasteiger partial charge in [-0.15, -0.1) is 0 Å². The van der Waals surface area contributed by atoms with Gasteiger partial charge in [0.15, 0.2) is 6.61 Å². The third-order valence-corrected chi connectivity index (χ3v) is 10.6. The van der Waals surface area contributed by atoms with Gasteiger partial charge in [0.05, 0.1) is 23.1 Å². The number of amides is 2. The van der Waals surface area contributed by atoms with Gasteiger partial charge in [0, 0.05) is 15.2 Å². The number of hydrogen-bond donors (Lipinski definition) is 0. The fourth-order valence-electron chi connectivity index (χ4n) is 5.70. The van der Waals surface area contributed by atoms with Crippen molar-refractivity contribution >= 4 is 61.1 Å². The van der Waals surface area contributed by atoms with Crippen LogP contribution in [0.2, 0.25) is 0 Å². The SMILES string of the molecule is Cc1ccc(C)c(C(=O)COC(=O)c2cccc(N3C(=O)[C@@H]4[C@H]5C[C@H]([C@H](Br)[C@@H]5Br)[C@@H]4C3=O)c2)c1. The first-order valence-corrected chi connectivity index (χ1v) is 13.1. The summed E-state index contributed by atoms with van der Waals surface area (Å²) in [6.07, 6.45) is 0.854. The maximum atomic E-state index is 13.3. The van der Waals surface area contributed by atoms with Crippen LogP contribution in [0.1, 0.15) is 38.3 Å². The van der Waals surface area contributed by atoms with Crippen molar-refractivity contribution in [2.75, 3.05) is 11.5 Å². The number of aryl methyl sites for hydroxylation is 2. The number of halogens is 2. The molecule has 1 saturated heterocycles. The Kier molecular flexibility index (Phi) is 6.01. The first kappa shape index (κ1) is 23.4. The highest BCUT2D eigenvalue weighted by atomic mass is 79.9. The van der Waals surface area contributed by atoms with E-state index < -0.39 is 5.97 Å². The summed E-state index contributed by atoms with van der Waals surface area (Å²) in [4.78, 5) is 53.3. The number of hydrogen-bond acceptors (Lipinski definition) is 5. The van der Waals surface area contributed by atoms with E-state index in [1.165, 1.54) is 11.0 Å². The zero-order valence-electron chi connectivity index (χ0n) is 18.7. The van der Waals surface area contributed by atoms with Gasteiger partial charge in [0.1, 0.15) is 0 Å². The lowest BCUT2D eigenvalue weighted by molar-refractivity contribution is -0.123. The van der Waals surface area contributed by atoms with Gasteiger partial charge in [-0.25, -0.2) is 4.79 Å². The number of fused-ring (bicyclic) bond motifs is 5. The van der Waals surface area contributed by atoms with Crippen molar-refractivity contribution in [1.82, 2.24) is 0 Å². The topological polar surface area (TPSA) is 80.8 Å². The number of ketones is 1. The molecule has 0 unspecified atom stereocenters. The minimum absolute atomic E-state index is 0.116. The number of esters is 1. The molecule has 1 heterocycles. The molecule has 1 aliphatic heterocycles. The van der Waals surface area contributed by atoms with Gasteiger partial charge in [-0.1, -0.05) is 55.6 Å². The summed E-state index contributed by atoms with van der Waals surface area (Å²) >= 11 is 7.38. The highest BCUT2D eigenvalue weighted by Crippen LogP contribution is 2.60. The number of ether oxygens (including phenoxy) is 1. The number of carbonyl (C=O) groups excluding carboxylic acids is 4. The van der Waals surface area contributed by atoms with Crippen LogP contribution in [0.4, 0.5) is 5.69 Å². The van der Waals surface area contributed by atoms with Crippen molar-refractivity contribution in [3.8, 4) is 0 Å². The minimum Gasteiger partial charge on any atom is -0.454 e. The van der Waals surface area contributed by atoms with Crippen LogP contribution in [0, 0.1) is 37.5 Å². The van der Waals surface area contributed by atoms with Crippen LogP contribution in [0.3, 0.4) is 0 Å². The molecular weight excluding hydrogens is 566 g/mol. The van der Waals surface area contributed by atoms with E-state index in [-0.39, 0.29) is 63.1 Å². The van der Waals surface area contributed by atoms with Crippen molar-refractivity contribution in [3.63, 3.8) is 0 Å². The number of alkyl halides is 2. The van der Waals surface area contributed by atoms with Crippen LogP contribution < -0.4 is 4.90 Å². The molecular formula is C26H23Br2NO5. The molecule has 2 aliphatic carbocycles. The summed E-state index contributed by atoms with van der Waals surface area (Å²) in [5, 5.41) is 0. The first-order chi connectivity index (χ1) is 16.2. The molecule has 8 heteroatoms. The van der Waals surface area contributed by atoms with E-state index in [1.54, 1.807) is 24.3 Å². The molecule has 6 atom stereocenters. The van der Waals surface area contributed by atoms with Gasteiger partial charge in [-0.05, 0) is 61.9 Å². The van der Waals surface area contributed by atoms with Crippen molar-refractivity contribution in [2.24, 2.45) is 23.7 Å². The molecule has 2 bridgehead atoms. The summed E-state index contributed by atoms with van der Waals surface area (Å²) < 4.78 is 5.27. The highest BCUT2D eigenvalue weighted by molar-refractivity contribution is 9.12. The molecule has 5 rings (SSSR count). The number of Topliss-reactive ketones (excluding diaryl/α,β-unsaturated/α-hetero) is 1. The fourth-order valence-corrected chi connectivity index (χ4v) is 7.58. The van der Waals surface area contributed by atoms with E-state index >= 15 is 0 Å². The average molecular weight is 589 g/mol. The number of benzene rings is 2. The summed E-state index contributed by atoms with van der Waals surface area (Å²) in [5.41, 5.74) is 2.82. The van der Waals surface area contributed by atoms with E-state index in [9.17, 15) is 19.2 Å². The Morgan fingerprint density at radius 2 is 1.62 bits per heavy atom. The lowest BCUT2D eigenvalue weighted by Gasteiger charge is -2.28. The van der Waals surface area contributed by atoms with Crippen LogP contribution in [0.5, 0.6) is 0 Å². The van der Waals surface area contributed by atoms with Gasteiger partial charge < -0.3 is 4.74 Å². The van der Waals surface area contributed by atoms with E-state index in [4.69, 9.17) is 4.74 Å². The van der Waals surface area contributed by atoms with Gasteiger partial charge in [0.25, 0.3) is 0 Å². The number of imide groups is 1. The molecule has 34 heavy (non-hydrogen) atoms. The Morgan fingerprint density at radius 1 is 0.971 bits per heavy atom. The summed E-state index contributed by atoms with van der Waals surface area (Å²) in [5.74, 6) is -1.81. The monoisotopic (exact) mass is 587 g/mol. The van der Waals surface area contributed by atoms with Gasteiger partial charge in [-0.2, -0.15) is 0 Å². The summed E-state index contributed by atoms with van der Waals surface area (Å²) in [6.45, 7) is 3.34. The molecule has 3 aliphatic rings. The Morgan fingerprint density at radius 3 is 2.26 bits per heavy atom. The van der Waals surface area contributed by atoms with E-state index in [1.807, 2.05) is 26.0 Å². The zero-order valence-corrected chi connectivity index (χ0v) is 21.8. The van der Waals surface area contributed by atoms with Crippen LogP contribution >= 0.6 is 31.9 Å². The Hall–Kier alpha value is -2.32. The molecule has 176 valence electrons. The van der Waals surface area contributed by atoms with Gasteiger partial charge in [-0.3, -0.25) is 19.3 Å². The molecule has 0 N–H and O–H groups in total. The highest BCUT2D eigenvalue weighted by Gasteiger charge is 2.66. The predicted octanol–water partition coefficient (Wildman–Crippen LogP) is 4.63. The molecule has 0 radical (unpaired) electrons. The second kappa shape index (κ2) is 8.72. The van der Waals surface area contributed by atoms with Crippen LogP contribution in [0.15, 0.2) is 42.5 Å². The van der Waals surface area contributed by atoms with Crippen LogP contribution in [0.25, 0.3) is 0 Å². The van der Waals surface area contributed by atoms with Gasteiger partial charge >= 0.3 is 5.97 Å². The minimum atomic E-state index is -0.680. The third-order valence-electron chi connectivity index (χ3n) is 7.35. The quantitative estimate of drug-likeness (QED) is 0.220. The van der Waals surface area contributed by atoms with E-state index in [0.717, 1.165) is 17.5 Å². The summed E-state index contributed by atoms with van der Waals surface area (Å²) in [6, 6.07) is 11.8. The molecule has 2 saturated carbocycles. The second-order valence-electron chi connectivity index (χ2n) is 9.38. The molecule has 0 spiro atoms. The Balaban J connectivity index is 1.32. The zero-order chi connectivity index (χ0) is 24.3. The second-order valence-corrected chi connectivity index (χ2v) is 11.5. The fraction of sp³-hybridized carbons (Fsp3) is 0.385. The smallest absolute Gasteiger partial charge is 0.338 e. The third kappa shape index (κ3) is 3.66. The first-order valence-electron chi connectivity index (χ1n) is 11.2. The maximum absolute atomic E-state index is 13.3. The van der Waals surface area contributed by atoms with Crippen LogP contribution in [-0.2, 0) is 14.3 Å². The molecule has 2 amide bonds. The maximum Gasteiger partial charge on any atom is 0.338 e.